The van der Waals surface area contributed by atoms with Crippen molar-refractivity contribution in [3.8, 4) is 5.75 Å². The largest absolute Gasteiger partial charge is 0.497 e. The van der Waals surface area contributed by atoms with Gasteiger partial charge in [-0.2, -0.15) is 8.42 Å². The molecule has 1 heterocycles. The SMILES string of the molecule is COc1ccc(CN2C=C(C(=O)OCc3ccc(C)cc3)C(C)=NS2(=O)=O)cc1. The van der Waals surface area contributed by atoms with Gasteiger partial charge in [-0.1, -0.05) is 42.0 Å². The molecule has 2 aromatic rings. The minimum atomic E-state index is -3.92. The zero-order valence-corrected chi connectivity index (χ0v) is 17.3. The van der Waals surface area contributed by atoms with Crippen LogP contribution in [0.1, 0.15) is 23.6 Å². The second kappa shape index (κ2) is 8.48. The predicted molar refractivity (Wildman–Crippen MR) is 110 cm³/mol. The average Bonchev–Trinajstić information content (AvgIpc) is 2.69. The molecule has 0 unspecified atom stereocenters. The highest BCUT2D eigenvalue weighted by molar-refractivity contribution is 7.88. The molecular formula is C21H22N2O5S. The summed E-state index contributed by atoms with van der Waals surface area (Å²) >= 11 is 0. The van der Waals surface area contributed by atoms with Crippen LogP contribution in [0.25, 0.3) is 0 Å². The number of methoxy groups -OCH3 is 1. The number of carbonyl (C=O) groups is 1. The van der Waals surface area contributed by atoms with Gasteiger partial charge in [-0.25, -0.2) is 4.79 Å². The van der Waals surface area contributed by atoms with Crippen LogP contribution in [-0.4, -0.2) is 31.5 Å². The zero-order chi connectivity index (χ0) is 21.0. The van der Waals surface area contributed by atoms with Gasteiger partial charge in [0.05, 0.1) is 24.9 Å². The third-order valence-electron chi connectivity index (χ3n) is 4.42. The summed E-state index contributed by atoms with van der Waals surface area (Å²) in [6, 6.07) is 14.6. The Labute approximate surface area is 170 Å². The Morgan fingerprint density at radius 2 is 1.62 bits per heavy atom. The van der Waals surface area contributed by atoms with Gasteiger partial charge < -0.3 is 9.47 Å². The Hall–Kier alpha value is -3.13. The summed E-state index contributed by atoms with van der Waals surface area (Å²) in [5.41, 5.74) is 2.90. The van der Waals surface area contributed by atoms with Crippen molar-refractivity contribution in [2.24, 2.45) is 4.40 Å². The quantitative estimate of drug-likeness (QED) is 0.678. The molecular weight excluding hydrogens is 392 g/mol. The van der Waals surface area contributed by atoms with Crippen molar-refractivity contribution >= 4 is 21.9 Å². The molecule has 0 aromatic heterocycles. The predicted octanol–water partition coefficient (Wildman–Crippen LogP) is 3.15. The lowest BCUT2D eigenvalue weighted by Gasteiger charge is -2.23. The van der Waals surface area contributed by atoms with Crippen molar-refractivity contribution in [3.05, 3.63) is 77.0 Å². The van der Waals surface area contributed by atoms with Crippen molar-refractivity contribution in [2.45, 2.75) is 27.0 Å². The second-order valence-electron chi connectivity index (χ2n) is 6.65. The van der Waals surface area contributed by atoms with Crippen molar-refractivity contribution < 1.29 is 22.7 Å². The van der Waals surface area contributed by atoms with Gasteiger partial charge in [0.2, 0.25) is 0 Å². The Morgan fingerprint density at radius 1 is 1.00 bits per heavy atom. The normalized spacial score (nSPS) is 15.3. The molecule has 2 aromatic carbocycles. The number of aryl methyl sites for hydroxylation is 1. The fourth-order valence-electron chi connectivity index (χ4n) is 2.73. The number of hydrogen-bond acceptors (Lipinski definition) is 5. The summed E-state index contributed by atoms with van der Waals surface area (Å²) in [5, 5.41) is 0. The summed E-state index contributed by atoms with van der Waals surface area (Å²) in [7, 11) is -2.36. The fourth-order valence-corrected chi connectivity index (χ4v) is 3.83. The van der Waals surface area contributed by atoms with Crippen LogP contribution in [0.2, 0.25) is 0 Å². The van der Waals surface area contributed by atoms with Gasteiger partial charge in [0.25, 0.3) is 0 Å². The first kappa shape index (κ1) is 20.6. The molecule has 0 N–H and O–H groups in total. The number of carbonyl (C=O) groups excluding carboxylic acids is 1. The fraction of sp³-hybridized carbons (Fsp3) is 0.238. The first-order valence-electron chi connectivity index (χ1n) is 8.94. The maximum absolute atomic E-state index is 12.5. The lowest BCUT2D eigenvalue weighted by molar-refractivity contribution is -0.139. The van der Waals surface area contributed by atoms with Crippen LogP contribution < -0.4 is 4.74 Å². The third kappa shape index (κ3) is 5.03. The van der Waals surface area contributed by atoms with E-state index in [2.05, 4.69) is 4.40 Å². The highest BCUT2D eigenvalue weighted by atomic mass is 32.2. The summed E-state index contributed by atoms with van der Waals surface area (Å²) in [6.45, 7) is 3.58. The molecule has 0 saturated heterocycles. The summed E-state index contributed by atoms with van der Waals surface area (Å²) < 4.78 is 40.0. The van der Waals surface area contributed by atoms with Crippen LogP contribution in [0.3, 0.4) is 0 Å². The van der Waals surface area contributed by atoms with Gasteiger partial charge in [0.15, 0.2) is 0 Å². The molecule has 0 fully saturated rings. The molecule has 8 heteroatoms. The minimum absolute atomic E-state index is 0.0395. The van der Waals surface area contributed by atoms with E-state index < -0.39 is 16.2 Å². The molecule has 0 saturated carbocycles. The number of hydrogen-bond donors (Lipinski definition) is 0. The Bertz CT molecular complexity index is 1060. The van der Waals surface area contributed by atoms with Crippen molar-refractivity contribution in [1.82, 2.24) is 4.31 Å². The molecule has 29 heavy (non-hydrogen) atoms. The first-order valence-corrected chi connectivity index (χ1v) is 10.3. The van der Waals surface area contributed by atoms with Crippen molar-refractivity contribution in [1.29, 1.82) is 0 Å². The second-order valence-corrected chi connectivity index (χ2v) is 8.20. The zero-order valence-electron chi connectivity index (χ0n) is 16.5. The van der Waals surface area contributed by atoms with Crippen LogP contribution in [0.4, 0.5) is 0 Å². The Morgan fingerprint density at radius 3 is 2.24 bits per heavy atom. The van der Waals surface area contributed by atoms with Crippen LogP contribution in [0.5, 0.6) is 5.75 Å². The van der Waals surface area contributed by atoms with Gasteiger partial charge in [0.1, 0.15) is 12.4 Å². The van der Waals surface area contributed by atoms with Crippen LogP contribution in [0, 0.1) is 6.92 Å². The van der Waals surface area contributed by atoms with E-state index in [0.29, 0.717) is 5.75 Å². The molecule has 152 valence electrons. The van der Waals surface area contributed by atoms with E-state index in [4.69, 9.17) is 9.47 Å². The molecule has 1 aliphatic rings. The van der Waals surface area contributed by atoms with E-state index in [-0.39, 0.29) is 24.4 Å². The van der Waals surface area contributed by atoms with Crippen LogP contribution in [0.15, 0.2) is 64.7 Å². The number of nitrogens with zero attached hydrogens (tertiary/aromatic N) is 2. The average molecular weight is 414 g/mol. The first-order chi connectivity index (χ1) is 13.8. The summed E-state index contributed by atoms with van der Waals surface area (Å²) in [6.07, 6.45) is 1.28. The van der Waals surface area contributed by atoms with Crippen LogP contribution >= 0.6 is 0 Å². The van der Waals surface area contributed by atoms with E-state index in [1.165, 1.54) is 13.1 Å². The topological polar surface area (TPSA) is 85.3 Å². The minimum Gasteiger partial charge on any atom is -0.497 e. The molecule has 0 bridgehead atoms. The molecule has 1 aliphatic heterocycles. The number of ether oxygens (including phenoxy) is 2. The van der Waals surface area contributed by atoms with E-state index in [1.54, 1.807) is 31.4 Å². The van der Waals surface area contributed by atoms with Crippen molar-refractivity contribution in [3.63, 3.8) is 0 Å². The van der Waals surface area contributed by atoms with E-state index >= 15 is 0 Å². The summed E-state index contributed by atoms with van der Waals surface area (Å²) in [5.74, 6) is 0.0430. The lowest BCUT2D eigenvalue weighted by atomic mass is 10.1. The molecule has 7 nitrogen and oxygen atoms in total. The molecule has 0 radical (unpaired) electrons. The van der Waals surface area contributed by atoms with Crippen molar-refractivity contribution in [2.75, 3.05) is 7.11 Å². The summed E-state index contributed by atoms with van der Waals surface area (Å²) in [4.78, 5) is 12.5. The smallest absolute Gasteiger partial charge is 0.344 e. The Kier molecular flexibility index (Phi) is 6.03. The maximum atomic E-state index is 12.5. The highest BCUT2D eigenvalue weighted by Gasteiger charge is 2.29. The van der Waals surface area contributed by atoms with Gasteiger partial charge in [-0.15, -0.1) is 4.40 Å². The third-order valence-corrected chi connectivity index (χ3v) is 5.75. The molecule has 0 atom stereocenters. The van der Waals surface area contributed by atoms with Gasteiger partial charge in [-0.3, -0.25) is 4.31 Å². The molecule has 0 spiro atoms. The van der Waals surface area contributed by atoms with E-state index in [9.17, 15) is 13.2 Å². The Balaban J connectivity index is 1.76. The van der Waals surface area contributed by atoms with Gasteiger partial charge >= 0.3 is 16.2 Å². The van der Waals surface area contributed by atoms with E-state index in [0.717, 1.165) is 21.0 Å². The molecule has 0 aliphatic carbocycles. The van der Waals surface area contributed by atoms with Gasteiger partial charge in [0, 0.05) is 6.20 Å². The van der Waals surface area contributed by atoms with E-state index in [1.807, 2.05) is 31.2 Å². The van der Waals surface area contributed by atoms with Crippen LogP contribution in [-0.2, 0) is 32.9 Å². The molecule has 3 rings (SSSR count). The molecule has 0 amide bonds. The number of esters is 1. The number of benzene rings is 2. The maximum Gasteiger partial charge on any atom is 0.344 e. The monoisotopic (exact) mass is 414 g/mol. The standard InChI is InChI=1S/C21H22N2O5S/c1-15-4-6-18(7-5-15)14-28-21(24)20-13-23(29(25,26)22-16(20)2)12-17-8-10-19(27-3)11-9-17/h4-11,13H,12,14H2,1-3H3. The van der Waals surface area contributed by atoms with Gasteiger partial charge in [-0.05, 0) is 37.1 Å². The highest BCUT2D eigenvalue weighted by Crippen LogP contribution is 2.22. The lowest BCUT2D eigenvalue weighted by Crippen LogP contribution is -2.31. The number of rotatable bonds is 6.